The van der Waals surface area contributed by atoms with Crippen LogP contribution in [0, 0.1) is 12.8 Å². The smallest absolute Gasteiger partial charge is 0.161 e. The lowest BCUT2D eigenvalue weighted by atomic mass is 9.83. The fraction of sp³-hybridized carbons (Fsp3) is 0.467. The van der Waals surface area contributed by atoms with Crippen molar-refractivity contribution in [1.82, 2.24) is 9.88 Å². The lowest BCUT2D eigenvalue weighted by molar-refractivity contribution is 0.101. The van der Waals surface area contributed by atoms with Gasteiger partial charge in [0.05, 0.1) is 5.69 Å². The first-order valence-electron chi connectivity index (χ1n) is 6.59. The third-order valence-electron chi connectivity index (χ3n) is 4.08. The van der Waals surface area contributed by atoms with E-state index in [9.17, 15) is 4.79 Å². The minimum atomic E-state index is 0.0921. The summed E-state index contributed by atoms with van der Waals surface area (Å²) in [6.07, 6.45) is 6.46. The molecule has 3 nitrogen and oxygen atoms in total. The van der Waals surface area contributed by atoms with Crippen molar-refractivity contribution in [3.05, 3.63) is 35.3 Å². The van der Waals surface area contributed by atoms with Crippen molar-refractivity contribution in [1.29, 1.82) is 0 Å². The number of hydrogen-bond acceptors (Lipinski definition) is 3. The summed E-state index contributed by atoms with van der Waals surface area (Å²) in [5.41, 5.74) is 4.17. The fourth-order valence-corrected chi connectivity index (χ4v) is 3.00. The number of ketones is 1. The summed E-state index contributed by atoms with van der Waals surface area (Å²) in [5.74, 6) is 0.750. The van der Waals surface area contributed by atoms with Crippen LogP contribution in [0.25, 0.3) is 5.57 Å². The Balaban J connectivity index is 1.98. The first-order chi connectivity index (χ1) is 8.65. The van der Waals surface area contributed by atoms with Crippen LogP contribution in [0.1, 0.15) is 41.4 Å². The molecule has 3 aliphatic rings. The molecule has 1 fully saturated rings. The van der Waals surface area contributed by atoms with Crippen LogP contribution >= 0.6 is 0 Å². The molecule has 18 heavy (non-hydrogen) atoms. The molecule has 1 aromatic heterocycles. The molecule has 0 spiro atoms. The van der Waals surface area contributed by atoms with Gasteiger partial charge in [-0.3, -0.25) is 9.78 Å². The monoisotopic (exact) mass is 242 g/mol. The Bertz CT molecular complexity index is 525. The Morgan fingerprint density at radius 2 is 2.11 bits per heavy atom. The zero-order valence-electron chi connectivity index (χ0n) is 10.9. The molecule has 4 heterocycles. The van der Waals surface area contributed by atoms with Gasteiger partial charge in [-0.05, 0) is 49.8 Å². The summed E-state index contributed by atoms with van der Waals surface area (Å²) in [7, 11) is 0. The average molecular weight is 242 g/mol. The van der Waals surface area contributed by atoms with Crippen LogP contribution in [0.3, 0.4) is 0 Å². The highest BCUT2D eigenvalue weighted by Gasteiger charge is 2.28. The topological polar surface area (TPSA) is 33.2 Å². The SMILES string of the molecule is CC(=O)c1cnc(C2=CN3CCC2CC3)cc1C. The number of piperidine rings is 1. The summed E-state index contributed by atoms with van der Waals surface area (Å²) in [6, 6.07) is 2.06. The number of aromatic nitrogens is 1. The molecule has 3 aliphatic heterocycles. The van der Waals surface area contributed by atoms with Gasteiger partial charge in [0.15, 0.2) is 5.78 Å². The van der Waals surface area contributed by atoms with E-state index in [1.807, 2.05) is 6.92 Å². The highest BCUT2D eigenvalue weighted by Crippen LogP contribution is 2.36. The highest BCUT2D eigenvalue weighted by atomic mass is 16.1. The minimum absolute atomic E-state index is 0.0921. The molecule has 0 N–H and O–H groups in total. The second-order valence-corrected chi connectivity index (χ2v) is 5.34. The maximum absolute atomic E-state index is 11.4. The average Bonchev–Trinajstić information content (AvgIpc) is 2.39. The summed E-state index contributed by atoms with van der Waals surface area (Å²) in [4.78, 5) is 18.3. The van der Waals surface area contributed by atoms with E-state index in [2.05, 4.69) is 22.2 Å². The first-order valence-corrected chi connectivity index (χ1v) is 6.59. The van der Waals surface area contributed by atoms with Gasteiger partial charge < -0.3 is 4.90 Å². The number of pyridine rings is 1. The number of fused-ring (bicyclic) bond motifs is 2. The second-order valence-electron chi connectivity index (χ2n) is 5.34. The molecule has 1 aromatic rings. The van der Waals surface area contributed by atoms with Crippen molar-refractivity contribution in [3.63, 3.8) is 0 Å². The standard InChI is InChI=1S/C15H18N2O/c1-10-7-15(16-8-13(10)11(2)18)14-9-17-5-3-12(14)4-6-17/h7-9,12H,3-6H2,1-2H3. The lowest BCUT2D eigenvalue weighted by Gasteiger charge is -2.39. The molecule has 0 aromatic carbocycles. The largest absolute Gasteiger partial charge is 0.377 e. The van der Waals surface area contributed by atoms with E-state index >= 15 is 0 Å². The summed E-state index contributed by atoms with van der Waals surface area (Å²) >= 11 is 0. The number of carbonyl (C=O) groups excluding carboxylic acids is 1. The predicted octanol–water partition coefficient (Wildman–Crippen LogP) is 2.66. The normalized spacial score (nSPS) is 19.0. The van der Waals surface area contributed by atoms with Crippen LogP contribution in [0.4, 0.5) is 0 Å². The van der Waals surface area contributed by atoms with Gasteiger partial charge in [-0.1, -0.05) is 0 Å². The number of hydrogen-bond donors (Lipinski definition) is 0. The van der Waals surface area contributed by atoms with E-state index in [0.717, 1.165) is 16.8 Å². The molecule has 2 bridgehead atoms. The van der Waals surface area contributed by atoms with Crippen molar-refractivity contribution < 1.29 is 4.79 Å². The molecule has 94 valence electrons. The minimum Gasteiger partial charge on any atom is -0.377 e. The number of carbonyl (C=O) groups is 1. The van der Waals surface area contributed by atoms with Gasteiger partial charge in [-0.25, -0.2) is 0 Å². The third-order valence-corrected chi connectivity index (χ3v) is 4.08. The van der Waals surface area contributed by atoms with Crippen LogP contribution in [0.2, 0.25) is 0 Å². The van der Waals surface area contributed by atoms with Crippen LogP contribution in [-0.2, 0) is 0 Å². The zero-order chi connectivity index (χ0) is 12.7. The van der Waals surface area contributed by atoms with Crippen LogP contribution in [-0.4, -0.2) is 28.8 Å². The molecule has 4 rings (SSSR count). The van der Waals surface area contributed by atoms with Crippen LogP contribution < -0.4 is 0 Å². The van der Waals surface area contributed by atoms with Gasteiger partial charge in [0, 0.05) is 31.0 Å². The molecule has 0 saturated carbocycles. The second kappa shape index (κ2) is 4.23. The van der Waals surface area contributed by atoms with Gasteiger partial charge in [0.1, 0.15) is 0 Å². The predicted molar refractivity (Wildman–Crippen MR) is 71.3 cm³/mol. The Morgan fingerprint density at radius 1 is 1.39 bits per heavy atom. The number of rotatable bonds is 2. The van der Waals surface area contributed by atoms with Crippen molar-refractivity contribution in [2.45, 2.75) is 26.7 Å². The van der Waals surface area contributed by atoms with Crippen molar-refractivity contribution >= 4 is 11.4 Å². The Kier molecular flexibility index (Phi) is 2.69. The molecule has 1 saturated heterocycles. The summed E-state index contributed by atoms with van der Waals surface area (Å²) in [5, 5.41) is 0. The van der Waals surface area contributed by atoms with E-state index in [4.69, 9.17) is 0 Å². The van der Waals surface area contributed by atoms with Crippen molar-refractivity contribution in [2.24, 2.45) is 5.92 Å². The third kappa shape index (κ3) is 1.84. The molecular weight excluding hydrogens is 224 g/mol. The van der Waals surface area contributed by atoms with Crippen molar-refractivity contribution in [2.75, 3.05) is 13.1 Å². The quantitative estimate of drug-likeness (QED) is 0.747. The molecule has 0 atom stereocenters. The molecule has 0 aliphatic carbocycles. The van der Waals surface area contributed by atoms with E-state index in [1.54, 1.807) is 13.1 Å². The van der Waals surface area contributed by atoms with Gasteiger partial charge in [-0.2, -0.15) is 0 Å². The maximum atomic E-state index is 11.4. The molecule has 0 amide bonds. The van der Waals surface area contributed by atoms with Gasteiger partial charge in [-0.15, -0.1) is 0 Å². The van der Waals surface area contributed by atoms with Gasteiger partial charge in [0.2, 0.25) is 0 Å². The van der Waals surface area contributed by atoms with E-state index in [1.165, 1.54) is 31.5 Å². The summed E-state index contributed by atoms with van der Waals surface area (Å²) < 4.78 is 0. The molecule has 0 radical (unpaired) electrons. The van der Waals surface area contributed by atoms with Crippen molar-refractivity contribution in [3.8, 4) is 0 Å². The fourth-order valence-electron chi connectivity index (χ4n) is 3.00. The highest BCUT2D eigenvalue weighted by molar-refractivity contribution is 5.95. The number of nitrogens with zero attached hydrogens (tertiary/aromatic N) is 2. The maximum Gasteiger partial charge on any atom is 0.161 e. The Hall–Kier alpha value is -1.64. The van der Waals surface area contributed by atoms with Crippen LogP contribution in [0.5, 0.6) is 0 Å². The van der Waals surface area contributed by atoms with Crippen LogP contribution in [0.15, 0.2) is 18.5 Å². The first kappa shape index (κ1) is 11.5. The molecule has 3 heteroatoms. The van der Waals surface area contributed by atoms with Gasteiger partial charge in [0.25, 0.3) is 0 Å². The molecule has 0 unspecified atom stereocenters. The number of Topliss-reactive ketones (excluding diaryl/α,β-unsaturated/α-hetero) is 1. The van der Waals surface area contributed by atoms with E-state index in [0.29, 0.717) is 5.92 Å². The Labute approximate surface area is 108 Å². The van der Waals surface area contributed by atoms with E-state index < -0.39 is 0 Å². The Morgan fingerprint density at radius 3 is 2.61 bits per heavy atom. The lowest BCUT2D eigenvalue weighted by Crippen LogP contribution is -2.35. The van der Waals surface area contributed by atoms with E-state index in [-0.39, 0.29) is 5.78 Å². The summed E-state index contributed by atoms with van der Waals surface area (Å²) in [6.45, 7) is 5.94. The zero-order valence-corrected chi connectivity index (χ0v) is 10.9. The van der Waals surface area contributed by atoms with Gasteiger partial charge >= 0.3 is 0 Å². The number of aryl methyl sites for hydroxylation is 1. The number of allylic oxidation sites excluding steroid dienone is 1. The molecular formula is C15H18N2O.